The summed E-state index contributed by atoms with van der Waals surface area (Å²) in [5.74, 6) is -2.82. The highest BCUT2D eigenvalue weighted by Gasteiger charge is 2.84. The zero-order valence-corrected chi connectivity index (χ0v) is 39.4. The fourth-order valence-corrected chi connectivity index (χ4v) is 11.2. The number of ketones is 1. The summed E-state index contributed by atoms with van der Waals surface area (Å²) in [6.45, 7) is 18.2. The molecule has 1 aromatic carbocycles. The molecule has 2 saturated heterocycles. The molecule has 0 aromatic heterocycles. The number of carbonyl (C=O) groups excluding carboxylic acids is 4. The Labute approximate surface area is 381 Å². The first-order chi connectivity index (χ1) is 30.7. The van der Waals surface area contributed by atoms with Crippen molar-refractivity contribution in [2.45, 2.75) is 123 Å². The number of amides is 1. The minimum Gasteiger partial charge on any atom is -0.482 e. The second-order valence-corrected chi connectivity index (χ2v) is 19.9. The summed E-state index contributed by atoms with van der Waals surface area (Å²) in [5, 5.41) is 10.7. The van der Waals surface area contributed by atoms with E-state index < -0.39 is 52.1 Å². The van der Waals surface area contributed by atoms with Crippen LogP contribution < -0.4 is 19.9 Å². The van der Waals surface area contributed by atoms with Crippen LogP contribution in [0.4, 0.5) is 0 Å². The van der Waals surface area contributed by atoms with E-state index in [4.69, 9.17) is 34.2 Å². The summed E-state index contributed by atoms with van der Waals surface area (Å²) in [7, 11) is 3.31. The van der Waals surface area contributed by atoms with Crippen LogP contribution in [0.15, 0.2) is 58.1 Å². The Bertz CT molecular complexity index is 2490. The van der Waals surface area contributed by atoms with E-state index in [0.717, 1.165) is 25.1 Å². The molecule has 8 aliphatic rings. The normalized spacial score (nSPS) is 29.1. The molecule has 65 heavy (non-hydrogen) atoms. The van der Waals surface area contributed by atoms with Gasteiger partial charge in [-0.1, -0.05) is 29.4 Å². The molecule has 14 nitrogen and oxygen atoms in total. The molecule has 9 rings (SSSR count). The van der Waals surface area contributed by atoms with Gasteiger partial charge < -0.3 is 44.0 Å². The quantitative estimate of drug-likeness (QED) is 0.0980. The van der Waals surface area contributed by atoms with Gasteiger partial charge in [-0.3, -0.25) is 14.4 Å². The van der Waals surface area contributed by atoms with Gasteiger partial charge in [0, 0.05) is 73.5 Å². The fraction of sp³-hybridized carbons (Fsp3) is 0.549. The second kappa shape index (κ2) is 16.7. The fourth-order valence-electron chi connectivity index (χ4n) is 11.2. The van der Waals surface area contributed by atoms with Crippen LogP contribution in [-0.2, 0) is 39.8 Å². The van der Waals surface area contributed by atoms with Gasteiger partial charge in [-0.05, 0) is 100 Å². The molecule has 14 heteroatoms. The number of benzene rings is 1. The summed E-state index contributed by atoms with van der Waals surface area (Å²) in [6, 6.07) is 2.26. The molecule has 3 saturated carbocycles. The van der Waals surface area contributed by atoms with Crippen LogP contribution in [-0.4, -0.2) is 96.2 Å². The van der Waals surface area contributed by atoms with Crippen molar-refractivity contribution < 1.29 is 47.6 Å². The summed E-state index contributed by atoms with van der Waals surface area (Å²) in [6.07, 6.45) is 11.5. The number of hydrogen-bond acceptors (Lipinski definition) is 13. The van der Waals surface area contributed by atoms with E-state index in [1.165, 1.54) is 12.7 Å². The topological polar surface area (TPSA) is 180 Å². The lowest BCUT2D eigenvalue weighted by Crippen LogP contribution is -2.75. The van der Waals surface area contributed by atoms with Crippen molar-refractivity contribution >= 4 is 35.5 Å². The van der Waals surface area contributed by atoms with Gasteiger partial charge in [-0.15, -0.1) is 0 Å². The summed E-state index contributed by atoms with van der Waals surface area (Å²) < 4.78 is 40.1. The lowest BCUT2D eigenvalue weighted by Gasteiger charge is -2.61. The van der Waals surface area contributed by atoms with Crippen LogP contribution in [0.25, 0.3) is 11.8 Å². The Morgan fingerprint density at radius 3 is 2.35 bits per heavy atom. The maximum atomic E-state index is 15.4. The Hall–Kier alpha value is -5.65. The van der Waals surface area contributed by atoms with Crippen LogP contribution in [0.2, 0.25) is 0 Å². The van der Waals surface area contributed by atoms with Gasteiger partial charge in [0.1, 0.15) is 34.5 Å². The molecule has 6 unspecified atom stereocenters. The molecule has 1 aromatic rings. The molecule has 6 atom stereocenters. The predicted octanol–water partition coefficient (Wildman–Crippen LogP) is 7.02. The van der Waals surface area contributed by atoms with Crippen molar-refractivity contribution in [1.82, 2.24) is 9.80 Å². The first kappa shape index (κ1) is 45.9. The van der Waals surface area contributed by atoms with E-state index in [2.05, 4.69) is 37.0 Å². The van der Waals surface area contributed by atoms with E-state index in [1.54, 1.807) is 17.9 Å². The van der Waals surface area contributed by atoms with Crippen molar-refractivity contribution in [1.29, 1.82) is 5.26 Å². The Balaban J connectivity index is 1.37. The number of methoxy groups -OCH3 is 1. The zero-order valence-electron chi connectivity index (χ0n) is 39.4. The number of ether oxygens (including phenoxy) is 6. The SMILES string of the molecule is COC(=O)/C(C)=C\CC12OC(C)(C)C3CC(C1=O)C1C(C#N)=C(N)OC4=C1C32Oc1c(CC=C(C)C)c2c(c(OC(=O)CCC(=O)N3CCN(C)CC3)c14)C=CC(C)(CCC=C(C)C)O2. The van der Waals surface area contributed by atoms with Gasteiger partial charge in [-0.2, -0.15) is 5.26 Å². The molecule has 4 bridgehead atoms. The number of Topliss-reactive ketones (excluding diaryl/α,β-unsaturated/α-hetero) is 1. The van der Waals surface area contributed by atoms with Crippen molar-refractivity contribution in [2.75, 3.05) is 40.3 Å². The number of likely N-dealkylation sites (N-methyl/N-ethyl adjacent to an activating group) is 1. The lowest BCUT2D eigenvalue weighted by atomic mass is 9.45. The summed E-state index contributed by atoms with van der Waals surface area (Å²) in [4.78, 5) is 59.8. The van der Waals surface area contributed by atoms with E-state index in [-0.39, 0.29) is 65.2 Å². The number of fused-ring (bicyclic) bond motifs is 3. The number of hydrogen-bond donors (Lipinski definition) is 1. The molecule has 1 amide bonds. The van der Waals surface area contributed by atoms with Crippen molar-refractivity contribution in [3.8, 4) is 23.3 Å². The molecular weight excluding hydrogens is 829 g/mol. The number of nitrogens with zero attached hydrogens (tertiary/aromatic N) is 3. The standard InChI is InChI=1S/C51H62N4O10/c1-28(2)12-11-19-49(8)20-18-32-41(63-49)31(14-13-29(3)4)43-39(42(32)61-37(57)16-15-36(56)55-24-22-54(9)23-25-55)44-40-38(34(27-52)46(53)62-44)33-26-35-48(6,7)65-50(45(33)58,51(35,40)64-43)21-17-30(5)47(59)60-10/h12-13,17-18,20,33,35,38H,11,14-16,19,21-26,53H2,1-10H3/b30-17-. The van der Waals surface area contributed by atoms with Gasteiger partial charge in [0.05, 0.1) is 30.3 Å². The van der Waals surface area contributed by atoms with E-state index >= 15 is 4.79 Å². The van der Waals surface area contributed by atoms with Gasteiger partial charge in [0.15, 0.2) is 22.7 Å². The largest absolute Gasteiger partial charge is 0.482 e. The zero-order chi connectivity index (χ0) is 47.0. The molecular formula is C51H62N4O10. The highest BCUT2D eigenvalue weighted by atomic mass is 16.6. The highest BCUT2D eigenvalue weighted by molar-refractivity contribution is 6.01. The van der Waals surface area contributed by atoms with E-state index in [1.807, 2.05) is 53.8 Å². The van der Waals surface area contributed by atoms with Crippen LogP contribution in [0.3, 0.4) is 0 Å². The number of allylic oxidation sites excluding steroid dienone is 5. The molecule has 346 valence electrons. The number of piperazine rings is 1. The third kappa shape index (κ3) is 7.39. The first-order valence-electron chi connectivity index (χ1n) is 22.8. The average Bonchev–Trinajstić information content (AvgIpc) is 3.39. The third-order valence-electron chi connectivity index (χ3n) is 14.5. The summed E-state index contributed by atoms with van der Waals surface area (Å²) >= 11 is 0. The molecule has 3 aliphatic carbocycles. The maximum absolute atomic E-state index is 15.4. The Morgan fingerprint density at radius 1 is 0.985 bits per heavy atom. The molecule has 0 radical (unpaired) electrons. The smallest absolute Gasteiger partial charge is 0.333 e. The van der Waals surface area contributed by atoms with E-state index in [0.29, 0.717) is 60.4 Å². The number of carbonyl (C=O) groups is 4. The van der Waals surface area contributed by atoms with Crippen molar-refractivity contribution in [3.05, 3.63) is 74.7 Å². The minimum absolute atomic E-state index is 0.0490. The van der Waals surface area contributed by atoms with Crippen LogP contribution in [0.5, 0.6) is 17.2 Å². The molecule has 2 N–H and O–H groups in total. The van der Waals surface area contributed by atoms with Crippen LogP contribution in [0.1, 0.15) is 111 Å². The third-order valence-corrected chi connectivity index (χ3v) is 14.5. The molecule has 1 spiro atoms. The van der Waals surface area contributed by atoms with Crippen LogP contribution >= 0.6 is 0 Å². The van der Waals surface area contributed by atoms with Gasteiger partial charge in [0.25, 0.3) is 0 Å². The van der Waals surface area contributed by atoms with Crippen molar-refractivity contribution in [3.63, 3.8) is 0 Å². The minimum atomic E-state index is -1.70. The Kier molecular flexibility index (Phi) is 11.8. The van der Waals surface area contributed by atoms with E-state index in [9.17, 15) is 19.6 Å². The van der Waals surface area contributed by atoms with Gasteiger partial charge >= 0.3 is 11.9 Å². The molecule has 5 heterocycles. The highest BCUT2D eigenvalue weighted by Crippen LogP contribution is 2.74. The lowest BCUT2D eigenvalue weighted by molar-refractivity contribution is -0.181. The number of rotatable bonds is 12. The molecule has 5 aliphatic heterocycles. The predicted molar refractivity (Wildman–Crippen MR) is 242 cm³/mol. The number of esters is 2. The summed E-state index contributed by atoms with van der Waals surface area (Å²) in [5.41, 5.74) is 6.18. The number of nitriles is 1. The molecule has 5 fully saturated rings. The monoisotopic (exact) mass is 890 g/mol. The number of nitrogens with two attached hydrogens (primary N) is 1. The maximum Gasteiger partial charge on any atom is 0.333 e. The first-order valence-corrected chi connectivity index (χ1v) is 22.8. The Morgan fingerprint density at radius 2 is 1.69 bits per heavy atom. The van der Waals surface area contributed by atoms with Gasteiger partial charge in [-0.25, -0.2) is 4.79 Å². The van der Waals surface area contributed by atoms with Gasteiger partial charge in [0.2, 0.25) is 11.8 Å². The van der Waals surface area contributed by atoms with Crippen LogP contribution in [0, 0.1) is 29.1 Å². The second-order valence-electron chi connectivity index (χ2n) is 19.9. The van der Waals surface area contributed by atoms with Crippen molar-refractivity contribution in [2.24, 2.45) is 23.5 Å². The average molecular weight is 891 g/mol.